The van der Waals surface area contributed by atoms with Gasteiger partial charge in [-0.25, -0.2) is 9.78 Å². The number of rotatable bonds is 6. The van der Waals surface area contributed by atoms with E-state index in [1.54, 1.807) is 32.2 Å². The predicted octanol–water partition coefficient (Wildman–Crippen LogP) is 1.13. The Morgan fingerprint density at radius 3 is 2.65 bits per heavy atom. The van der Waals surface area contributed by atoms with Gasteiger partial charge in [0, 0.05) is 12.6 Å². The molecule has 7 heteroatoms. The van der Waals surface area contributed by atoms with Crippen molar-refractivity contribution in [2.45, 2.75) is 26.8 Å². The molecule has 0 aliphatic heterocycles. The van der Waals surface area contributed by atoms with Crippen LogP contribution in [0.5, 0.6) is 5.88 Å². The van der Waals surface area contributed by atoms with E-state index in [0.29, 0.717) is 24.7 Å². The second-order valence-electron chi connectivity index (χ2n) is 4.03. The third-order valence-electron chi connectivity index (χ3n) is 2.38. The van der Waals surface area contributed by atoms with Crippen molar-refractivity contribution in [3.8, 4) is 5.88 Å². The van der Waals surface area contributed by atoms with Crippen LogP contribution in [0, 0.1) is 0 Å². The first-order valence-corrected chi connectivity index (χ1v) is 6.50. The summed E-state index contributed by atoms with van der Waals surface area (Å²) in [4.78, 5) is 27.0. The van der Waals surface area contributed by atoms with E-state index >= 15 is 0 Å². The van der Waals surface area contributed by atoms with Gasteiger partial charge < -0.3 is 15.4 Å². The second kappa shape index (κ2) is 7.98. The normalized spacial score (nSPS) is 11.3. The lowest BCUT2D eigenvalue weighted by molar-refractivity contribution is -0.120. The van der Waals surface area contributed by atoms with Crippen LogP contribution < -0.4 is 20.7 Å². The van der Waals surface area contributed by atoms with Crippen LogP contribution in [0.1, 0.15) is 20.8 Å². The molecule has 1 heterocycles. The first kappa shape index (κ1) is 15.7. The smallest absolute Gasteiger partial charge is 0.321 e. The zero-order valence-electron chi connectivity index (χ0n) is 11.9. The highest BCUT2D eigenvalue weighted by Crippen LogP contribution is 2.12. The number of nitrogens with zero attached hydrogens (tertiary/aromatic N) is 1. The minimum Gasteiger partial charge on any atom is -0.478 e. The Morgan fingerprint density at radius 2 is 2.10 bits per heavy atom. The molecule has 1 aromatic rings. The van der Waals surface area contributed by atoms with Crippen LogP contribution in [0.3, 0.4) is 0 Å². The average Bonchev–Trinajstić information content (AvgIpc) is 2.41. The number of carbonyl (C=O) groups is 2. The topological polar surface area (TPSA) is 92.4 Å². The molecule has 20 heavy (non-hydrogen) atoms. The van der Waals surface area contributed by atoms with E-state index in [2.05, 4.69) is 20.9 Å². The fraction of sp³-hybridized carbons (Fsp3) is 0.462. The van der Waals surface area contributed by atoms with Crippen LogP contribution in [-0.2, 0) is 4.79 Å². The van der Waals surface area contributed by atoms with Crippen LogP contribution >= 0.6 is 0 Å². The summed E-state index contributed by atoms with van der Waals surface area (Å²) >= 11 is 0. The molecule has 1 rings (SSSR count). The van der Waals surface area contributed by atoms with Crippen molar-refractivity contribution in [2.75, 3.05) is 18.5 Å². The van der Waals surface area contributed by atoms with Gasteiger partial charge in [-0.1, -0.05) is 0 Å². The van der Waals surface area contributed by atoms with E-state index in [1.807, 2.05) is 6.92 Å². The van der Waals surface area contributed by atoms with Crippen molar-refractivity contribution in [3.63, 3.8) is 0 Å². The highest BCUT2D eigenvalue weighted by atomic mass is 16.5. The van der Waals surface area contributed by atoms with Gasteiger partial charge >= 0.3 is 6.03 Å². The maximum absolute atomic E-state index is 11.7. The molecular weight excluding hydrogens is 260 g/mol. The molecule has 0 aromatic carbocycles. The second-order valence-corrected chi connectivity index (χ2v) is 4.03. The number of urea groups is 1. The summed E-state index contributed by atoms with van der Waals surface area (Å²) in [6, 6.07) is 2.40. The fourth-order valence-corrected chi connectivity index (χ4v) is 1.44. The Kier molecular flexibility index (Phi) is 6.28. The molecule has 1 atom stereocenters. The van der Waals surface area contributed by atoms with Crippen molar-refractivity contribution in [1.82, 2.24) is 15.6 Å². The number of imide groups is 1. The van der Waals surface area contributed by atoms with E-state index in [-0.39, 0.29) is 0 Å². The summed E-state index contributed by atoms with van der Waals surface area (Å²) in [5.74, 6) is 0.113. The summed E-state index contributed by atoms with van der Waals surface area (Å²) in [5, 5.41) is 7.67. The minimum atomic E-state index is -0.558. The van der Waals surface area contributed by atoms with Gasteiger partial charge in [0.25, 0.3) is 0 Å². The van der Waals surface area contributed by atoms with Gasteiger partial charge in [-0.3, -0.25) is 10.1 Å². The highest BCUT2D eigenvalue weighted by Gasteiger charge is 2.15. The molecule has 1 unspecified atom stereocenters. The number of carbonyl (C=O) groups excluding carboxylic acids is 2. The summed E-state index contributed by atoms with van der Waals surface area (Å²) in [6.45, 7) is 6.32. The average molecular weight is 280 g/mol. The number of anilines is 1. The molecule has 110 valence electrons. The van der Waals surface area contributed by atoms with Gasteiger partial charge in [0.05, 0.1) is 18.5 Å². The van der Waals surface area contributed by atoms with Crippen molar-refractivity contribution >= 4 is 17.6 Å². The number of nitrogens with one attached hydrogen (secondary N) is 3. The van der Waals surface area contributed by atoms with Gasteiger partial charge in [0.1, 0.15) is 6.04 Å². The molecule has 0 aliphatic rings. The van der Waals surface area contributed by atoms with Crippen molar-refractivity contribution in [2.24, 2.45) is 0 Å². The summed E-state index contributed by atoms with van der Waals surface area (Å²) in [6.07, 6.45) is 1.57. The van der Waals surface area contributed by atoms with Crippen molar-refractivity contribution < 1.29 is 14.3 Å². The van der Waals surface area contributed by atoms with E-state index in [0.717, 1.165) is 0 Å². The molecule has 7 nitrogen and oxygen atoms in total. The summed E-state index contributed by atoms with van der Waals surface area (Å²) < 4.78 is 5.22. The number of pyridine rings is 1. The molecule has 3 amide bonds. The van der Waals surface area contributed by atoms with E-state index in [4.69, 9.17) is 4.74 Å². The SMILES string of the molecule is CCNC(=O)NC(=O)C(C)Nc1ccc(OCC)nc1. The van der Waals surface area contributed by atoms with Gasteiger partial charge in [0.15, 0.2) is 0 Å². The van der Waals surface area contributed by atoms with Gasteiger partial charge in [-0.15, -0.1) is 0 Å². The largest absolute Gasteiger partial charge is 0.478 e. The van der Waals surface area contributed by atoms with Crippen LogP contribution in [0.4, 0.5) is 10.5 Å². The molecule has 0 spiro atoms. The van der Waals surface area contributed by atoms with Gasteiger partial charge in [0.2, 0.25) is 11.8 Å². The Labute approximate surface area is 118 Å². The Morgan fingerprint density at radius 1 is 1.35 bits per heavy atom. The number of hydrogen-bond donors (Lipinski definition) is 3. The number of aromatic nitrogens is 1. The molecule has 0 bridgehead atoms. The van der Waals surface area contributed by atoms with Crippen LogP contribution in [-0.4, -0.2) is 36.1 Å². The lowest BCUT2D eigenvalue weighted by Gasteiger charge is -2.14. The maximum Gasteiger partial charge on any atom is 0.321 e. The monoisotopic (exact) mass is 280 g/mol. The first-order valence-electron chi connectivity index (χ1n) is 6.50. The third kappa shape index (κ3) is 5.13. The van der Waals surface area contributed by atoms with Crippen molar-refractivity contribution in [3.05, 3.63) is 18.3 Å². The van der Waals surface area contributed by atoms with Crippen LogP contribution in [0.15, 0.2) is 18.3 Å². The maximum atomic E-state index is 11.7. The van der Waals surface area contributed by atoms with E-state index in [9.17, 15) is 9.59 Å². The van der Waals surface area contributed by atoms with Gasteiger partial charge in [-0.05, 0) is 26.8 Å². The first-order chi connectivity index (χ1) is 9.56. The Hall–Kier alpha value is -2.31. The number of amides is 3. The predicted molar refractivity (Wildman–Crippen MR) is 75.7 cm³/mol. The molecule has 0 radical (unpaired) electrons. The Balaban J connectivity index is 2.50. The minimum absolute atomic E-state index is 0.412. The lowest BCUT2D eigenvalue weighted by atomic mass is 10.3. The fourth-order valence-electron chi connectivity index (χ4n) is 1.44. The molecule has 0 saturated carbocycles. The van der Waals surface area contributed by atoms with Crippen LogP contribution in [0.25, 0.3) is 0 Å². The highest BCUT2D eigenvalue weighted by molar-refractivity contribution is 5.97. The Bertz CT molecular complexity index is 447. The molecule has 0 fully saturated rings. The third-order valence-corrected chi connectivity index (χ3v) is 2.38. The van der Waals surface area contributed by atoms with Gasteiger partial charge in [-0.2, -0.15) is 0 Å². The molecule has 0 aliphatic carbocycles. The van der Waals surface area contributed by atoms with E-state index in [1.165, 1.54) is 0 Å². The standard InChI is InChI=1S/C13H20N4O3/c1-4-14-13(19)17-12(18)9(3)16-10-6-7-11(15-8-10)20-5-2/h6-9,16H,4-5H2,1-3H3,(H2,14,17,18,19). The zero-order valence-corrected chi connectivity index (χ0v) is 11.9. The van der Waals surface area contributed by atoms with Crippen molar-refractivity contribution in [1.29, 1.82) is 0 Å². The van der Waals surface area contributed by atoms with Crippen LogP contribution in [0.2, 0.25) is 0 Å². The summed E-state index contributed by atoms with van der Waals surface area (Å²) in [5.41, 5.74) is 0.673. The van der Waals surface area contributed by atoms with E-state index < -0.39 is 18.0 Å². The number of hydrogen-bond acceptors (Lipinski definition) is 5. The lowest BCUT2D eigenvalue weighted by Crippen LogP contribution is -2.45. The molecule has 3 N–H and O–H groups in total. The number of ether oxygens (including phenoxy) is 1. The summed E-state index contributed by atoms with van der Waals surface area (Å²) in [7, 11) is 0. The molecule has 0 saturated heterocycles. The molecule has 1 aromatic heterocycles. The quantitative estimate of drug-likeness (QED) is 0.726. The molecular formula is C13H20N4O3. The zero-order chi connectivity index (χ0) is 15.0.